The highest BCUT2D eigenvalue weighted by atomic mass is 32.2. The summed E-state index contributed by atoms with van der Waals surface area (Å²) < 4.78 is 49.3. The van der Waals surface area contributed by atoms with E-state index >= 15 is 0 Å². The number of rotatable bonds is 8. The zero-order chi connectivity index (χ0) is 21.0. The van der Waals surface area contributed by atoms with Crippen LogP contribution in [0.15, 0.2) is 41.3 Å². The first-order chi connectivity index (χ1) is 13.8. The third-order valence-electron chi connectivity index (χ3n) is 4.08. The number of carbonyl (C=O) groups is 1. The third kappa shape index (κ3) is 4.61. The maximum Gasteiger partial charge on any atom is 0.328 e. The first kappa shape index (κ1) is 20.5. The van der Waals surface area contributed by atoms with Crippen LogP contribution in [0.3, 0.4) is 0 Å². The molecular formula is C19H19NO8S. The number of methoxy groups -OCH3 is 2. The quantitative estimate of drug-likeness (QED) is 0.621. The molecule has 2 N–H and O–H groups in total. The van der Waals surface area contributed by atoms with Crippen molar-refractivity contribution in [3.05, 3.63) is 47.5 Å². The van der Waals surface area contributed by atoms with Gasteiger partial charge in [0.1, 0.15) is 4.90 Å². The molecule has 9 nitrogen and oxygen atoms in total. The van der Waals surface area contributed by atoms with E-state index in [-0.39, 0.29) is 29.7 Å². The van der Waals surface area contributed by atoms with Crippen LogP contribution in [0.2, 0.25) is 0 Å². The molecule has 3 rings (SSSR count). The van der Waals surface area contributed by atoms with Gasteiger partial charge in [0.2, 0.25) is 16.8 Å². The van der Waals surface area contributed by atoms with Crippen LogP contribution in [0.4, 0.5) is 0 Å². The van der Waals surface area contributed by atoms with Crippen LogP contribution in [0.5, 0.6) is 23.0 Å². The normalized spacial score (nSPS) is 12.9. The Labute approximate surface area is 167 Å². The molecule has 0 spiro atoms. The van der Waals surface area contributed by atoms with Crippen LogP contribution in [0.1, 0.15) is 11.1 Å². The van der Waals surface area contributed by atoms with Gasteiger partial charge in [0, 0.05) is 12.6 Å². The Morgan fingerprint density at radius 3 is 2.62 bits per heavy atom. The van der Waals surface area contributed by atoms with Gasteiger partial charge in [-0.05, 0) is 41.5 Å². The molecule has 0 atom stereocenters. The molecule has 0 unspecified atom stereocenters. The van der Waals surface area contributed by atoms with E-state index in [1.807, 2.05) is 0 Å². The van der Waals surface area contributed by atoms with Crippen LogP contribution >= 0.6 is 0 Å². The molecule has 154 valence electrons. The molecule has 10 heteroatoms. The summed E-state index contributed by atoms with van der Waals surface area (Å²) >= 11 is 0. The Hall–Kier alpha value is -3.24. The van der Waals surface area contributed by atoms with Crippen LogP contribution < -0.4 is 23.7 Å². The molecule has 0 saturated heterocycles. The zero-order valence-electron chi connectivity index (χ0n) is 15.7. The molecule has 0 aromatic heterocycles. The number of benzene rings is 2. The van der Waals surface area contributed by atoms with E-state index in [2.05, 4.69) is 4.72 Å². The van der Waals surface area contributed by atoms with Crippen LogP contribution in [-0.4, -0.2) is 40.5 Å². The van der Waals surface area contributed by atoms with Gasteiger partial charge < -0.3 is 24.1 Å². The van der Waals surface area contributed by atoms with Gasteiger partial charge in [0.25, 0.3) is 0 Å². The summed E-state index contributed by atoms with van der Waals surface area (Å²) in [6.45, 7) is 0.123. The minimum atomic E-state index is -4.02. The van der Waals surface area contributed by atoms with Gasteiger partial charge in [-0.25, -0.2) is 17.9 Å². The molecular weight excluding hydrogens is 402 g/mol. The second-order valence-corrected chi connectivity index (χ2v) is 7.67. The Kier molecular flexibility index (Phi) is 5.95. The van der Waals surface area contributed by atoms with E-state index in [1.54, 1.807) is 18.2 Å². The van der Waals surface area contributed by atoms with Gasteiger partial charge in [-0.3, -0.25) is 0 Å². The van der Waals surface area contributed by atoms with Crippen molar-refractivity contribution in [2.75, 3.05) is 21.0 Å². The van der Waals surface area contributed by atoms with Gasteiger partial charge in [-0.15, -0.1) is 0 Å². The van der Waals surface area contributed by atoms with E-state index in [0.29, 0.717) is 22.6 Å². The lowest BCUT2D eigenvalue weighted by molar-refractivity contribution is -0.131. The maximum atomic E-state index is 12.9. The highest BCUT2D eigenvalue weighted by Gasteiger charge is 2.24. The number of hydrogen-bond donors (Lipinski definition) is 2. The van der Waals surface area contributed by atoms with E-state index < -0.39 is 16.0 Å². The fourth-order valence-electron chi connectivity index (χ4n) is 2.72. The number of ether oxygens (including phenoxy) is 4. The van der Waals surface area contributed by atoms with Crippen molar-refractivity contribution < 1.29 is 37.3 Å². The number of carboxylic acid groups (broad SMARTS) is 1. The fourth-order valence-corrected chi connectivity index (χ4v) is 3.95. The number of aliphatic carboxylic acids is 1. The molecule has 0 aliphatic carbocycles. The minimum Gasteiger partial charge on any atom is -0.493 e. The molecule has 0 bridgehead atoms. The summed E-state index contributed by atoms with van der Waals surface area (Å²) in [5.41, 5.74) is 0.999. The molecule has 2 aromatic rings. The van der Waals surface area contributed by atoms with Crippen LogP contribution in [0, 0.1) is 0 Å². The lowest BCUT2D eigenvalue weighted by Gasteiger charge is -2.15. The van der Waals surface area contributed by atoms with Crippen molar-refractivity contribution in [1.29, 1.82) is 0 Å². The topological polar surface area (TPSA) is 120 Å². The van der Waals surface area contributed by atoms with Gasteiger partial charge in [0.05, 0.1) is 14.2 Å². The lowest BCUT2D eigenvalue weighted by atomic mass is 10.2. The van der Waals surface area contributed by atoms with E-state index in [9.17, 15) is 13.2 Å². The number of carboxylic acids is 1. The monoisotopic (exact) mass is 421 g/mol. The predicted molar refractivity (Wildman–Crippen MR) is 103 cm³/mol. The average molecular weight is 421 g/mol. The number of nitrogens with one attached hydrogen (secondary N) is 1. The van der Waals surface area contributed by atoms with Crippen molar-refractivity contribution in [1.82, 2.24) is 4.72 Å². The second-order valence-electron chi connectivity index (χ2n) is 5.94. The SMILES string of the molecule is COc1cc(/C=C/C(=O)O)cc(S(=O)(=O)NCc2ccc3c(c2)OCO3)c1OC. The van der Waals surface area contributed by atoms with Crippen LogP contribution in [-0.2, 0) is 21.4 Å². The Morgan fingerprint density at radius 2 is 1.93 bits per heavy atom. The number of hydrogen-bond acceptors (Lipinski definition) is 7. The van der Waals surface area contributed by atoms with Gasteiger partial charge in [-0.1, -0.05) is 6.07 Å². The van der Waals surface area contributed by atoms with Crippen molar-refractivity contribution >= 4 is 22.1 Å². The van der Waals surface area contributed by atoms with Crippen molar-refractivity contribution in [3.8, 4) is 23.0 Å². The summed E-state index contributed by atoms with van der Waals surface area (Å²) in [5, 5.41) is 8.82. The molecule has 29 heavy (non-hydrogen) atoms. The van der Waals surface area contributed by atoms with Crippen molar-refractivity contribution in [2.45, 2.75) is 11.4 Å². The molecule has 1 aliphatic heterocycles. The molecule has 0 amide bonds. The summed E-state index contributed by atoms with van der Waals surface area (Å²) in [5.74, 6) is 0.148. The predicted octanol–water partition coefficient (Wildman–Crippen LogP) is 2.01. The summed E-state index contributed by atoms with van der Waals surface area (Å²) in [6, 6.07) is 7.90. The molecule has 0 saturated carbocycles. The van der Waals surface area contributed by atoms with Crippen LogP contribution in [0.25, 0.3) is 6.08 Å². The third-order valence-corrected chi connectivity index (χ3v) is 5.48. The number of sulfonamides is 1. The van der Waals surface area contributed by atoms with Gasteiger partial charge in [0.15, 0.2) is 23.0 Å². The summed E-state index contributed by atoms with van der Waals surface area (Å²) in [7, 11) is -1.34. The number of fused-ring (bicyclic) bond motifs is 1. The smallest absolute Gasteiger partial charge is 0.328 e. The molecule has 0 radical (unpaired) electrons. The van der Waals surface area contributed by atoms with Crippen molar-refractivity contribution in [3.63, 3.8) is 0 Å². The van der Waals surface area contributed by atoms with E-state index in [4.69, 9.17) is 24.1 Å². The summed E-state index contributed by atoms with van der Waals surface area (Å²) in [6.07, 6.45) is 2.17. The first-order valence-corrected chi connectivity index (χ1v) is 9.87. The lowest BCUT2D eigenvalue weighted by Crippen LogP contribution is -2.24. The molecule has 2 aromatic carbocycles. The summed E-state index contributed by atoms with van der Waals surface area (Å²) in [4.78, 5) is 10.6. The standard InChI is InChI=1S/C19H19NO8S/c1-25-16-7-12(4-6-18(21)22)9-17(19(16)26-2)29(23,24)20-10-13-3-5-14-15(8-13)28-11-27-14/h3-9,20H,10-11H2,1-2H3,(H,21,22)/b6-4+. The Balaban J connectivity index is 1.91. The maximum absolute atomic E-state index is 12.9. The molecule has 1 aliphatic rings. The second kappa shape index (κ2) is 8.41. The average Bonchev–Trinajstić information content (AvgIpc) is 3.17. The highest BCUT2D eigenvalue weighted by Crippen LogP contribution is 2.36. The van der Waals surface area contributed by atoms with Crippen molar-refractivity contribution in [2.24, 2.45) is 0 Å². The van der Waals surface area contributed by atoms with Gasteiger partial charge >= 0.3 is 5.97 Å². The zero-order valence-corrected chi connectivity index (χ0v) is 16.5. The highest BCUT2D eigenvalue weighted by molar-refractivity contribution is 7.89. The molecule has 1 heterocycles. The first-order valence-electron chi connectivity index (χ1n) is 8.39. The minimum absolute atomic E-state index is 0.000361. The Bertz CT molecular complexity index is 1060. The Morgan fingerprint density at radius 1 is 1.17 bits per heavy atom. The van der Waals surface area contributed by atoms with E-state index in [1.165, 1.54) is 32.4 Å². The van der Waals surface area contributed by atoms with Gasteiger partial charge in [-0.2, -0.15) is 0 Å². The van der Waals surface area contributed by atoms with E-state index in [0.717, 1.165) is 6.08 Å². The largest absolute Gasteiger partial charge is 0.493 e. The fraction of sp³-hybridized carbons (Fsp3) is 0.211. The molecule has 0 fully saturated rings.